The zero-order chi connectivity index (χ0) is 34.5. The summed E-state index contributed by atoms with van der Waals surface area (Å²) in [5.41, 5.74) is 3.67. The van der Waals surface area contributed by atoms with Gasteiger partial charge in [0, 0.05) is 21.3 Å². The predicted octanol–water partition coefficient (Wildman–Crippen LogP) is 8.47. The van der Waals surface area contributed by atoms with Crippen molar-refractivity contribution in [3.8, 4) is 28.6 Å². The van der Waals surface area contributed by atoms with Crippen molar-refractivity contribution in [2.24, 2.45) is 5.10 Å². The van der Waals surface area contributed by atoms with E-state index in [9.17, 15) is 14.0 Å². The molecule has 0 aliphatic rings. The van der Waals surface area contributed by atoms with Gasteiger partial charge in [0.1, 0.15) is 11.6 Å². The maximum Gasteiger partial charge on any atom is 0.282 e. The molecule has 5 aromatic rings. The third kappa shape index (κ3) is 7.44. The second kappa shape index (κ2) is 15.1. The summed E-state index contributed by atoms with van der Waals surface area (Å²) in [6.45, 7) is 7.85. The number of carbonyl (C=O) groups excluding carboxylic acids is 1. The average Bonchev–Trinajstić information content (AvgIpc) is 3.06. The molecule has 4 aromatic carbocycles. The summed E-state index contributed by atoms with van der Waals surface area (Å²) in [6, 6.07) is 18.4. The zero-order valence-electron chi connectivity index (χ0n) is 26.9. The van der Waals surface area contributed by atoms with Crippen molar-refractivity contribution in [2.45, 2.75) is 33.6 Å². The quantitative estimate of drug-likeness (QED) is 0.135. The molecule has 5 rings (SSSR count). The monoisotopic (exact) mass is 778 g/mol. The number of benzene rings is 4. The fraction of sp³-hybridized carbons (Fsp3) is 0.222. The number of halogens is 3. The van der Waals surface area contributed by atoms with E-state index in [1.54, 1.807) is 37.4 Å². The van der Waals surface area contributed by atoms with Gasteiger partial charge in [-0.1, -0.05) is 32.0 Å². The van der Waals surface area contributed by atoms with Crippen LogP contribution < -0.4 is 25.1 Å². The minimum atomic E-state index is -0.484. The number of amides is 1. The van der Waals surface area contributed by atoms with E-state index in [1.807, 2.05) is 32.0 Å². The number of rotatable bonds is 11. The molecule has 0 saturated carbocycles. The first-order chi connectivity index (χ1) is 23.0. The van der Waals surface area contributed by atoms with Crippen molar-refractivity contribution < 1.29 is 23.4 Å². The standard InChI is InChI=1S/C36H33Br2FN4O5/c1-6-47-30-15-22(32(37)33(38)34(30)48-19-31(44)41-24-11-9-10-23(39)16-24)18-40-43-35(42-28-13-8-7-12-25(28)36(43)45)27-17-26(20(2)3)29(46-5)14-21(27)4/h7-18,20H,6,19H2,1-5H3,(H,41,44). The van der Waals surface area contributed by atoms with Crippen molar-refractivity contribution in [3.63, 3.8) is 0 Å². The summed E-state index contributed by atoms with van der Waals surface area (Å²) in [5, 5.41) is 7.69. The van der Waals surface area contributed by atoms with E-state index < -0.39 is 11.7 Å². The van der Waals surface area contributed by atoms with Crippen LogP contribution >= 0.6 is 31.9 Å². The lowest BCUT2D eigenvalue weighted by Gasteiger charge is -2.18. The Labute approximate surface area is 294 Å². The second-order valence-electron chi connectivity index (χ2n) is 11.1. The minimum absolute atomic E-state index is 0.155. The number of fused-ring (bicyclic) bond motifs is 1. The molecule has 248 valence electrons. The SMILES string of the molecule is CCOc1cc(C=Nn2c(-c3cc(C(C)C)c(OC)cc3C)nc3ccccc3c2=O)c(Br)c(Br)c1OCC(=O)Nc1cccc(F)c1. The lowest BCUT2D eigenvalue weighted by atomic mass is 9.96. The van der Waals surface area contributed by atoms with Crippen LogP contribution in [0.25, 0.3) is 22.3 Å². The van der Waals surface area contributed by atoms with Gasteiger partial charge in [-0.25, -0.2) is 9.37 Å². The Bertz CT molecular complexity index is 2100. The highest BCUT2D eigenvalue weighted by Crippen LogP contribution is 2.42. The third-order valence-electron chi connectivity index (χ3n) is 7.42. The van der Waals surface area contributed by atoms with Gasteiger partial charge in [0.2, 0.25) is 0 Å². The van der Waals surface area contributed by atoms with E-state index in [1.165, 1.54) is 29.1 Å². The molecule has 12 heteroatoms. The first-order valence-electron chi connectivity index (χ1n) is 15.1. The normalized spacial score (nSPS) is 11.4. The van der Waals surface area contributed by atoms with Crippen LogP contribution in [0.15, 0.2) is 85.6 Å². The van der Waals surface area contributed by atoms with Crippen LogP contribution in [0.4, 0.5) is 10.1 Å². The molecule has 1 heterocycles. The van der Waals surface area contributed by atoms with Crippen LogP contribution in [0.3, 0.4) is 0 Å². The molecule has 1 aromatic heterocycles. The van der Waals surface area contributed by atoms with E-state index >= 15 is 0 Å². The molecule has 0 fully saturated rings. The van der Waals surface area contributed by atoms with Gasteiger partial charge in [-0.3, -0.25) is 9.59 Å². The molecule has 0 unspecified atom stereocenters. The number of methoxy groups -OCH3 is 1. The van der Waals surface area contributed by atoms with Gasteiger partial charge in [0.15, 0.2) is 23.9 Å². The van der Waals surface area contributed by atoms with Crippen LogP contribution in [-0.4, -0.2) is 42.1 Å². The molecular weight excluding hydrogens is 747 g/mol. The van der Waals surface area contributed by atoms with Gasteiger partial charge < -0.3 is 19.5 Å². The van der Waals surface area contributed by atoms with Crippen LogP contribution in [0.5, 0.6) is 17.2 Å². The highest BCUT2D eigenvalue weighted by atomic mass is 79.9. The largest absolute Gasteiger partial charge is 0.496 e. The number of nitrogens with one attached hydrogen (secondary N) is 1. The number of nitrogens with zero attached hydrogens (tertiary/aromatic N) is 3. The fourth-order valence-electron chi connectivity index (χ4n) is 5.09. The minimum Gasteiger partial charge on any atom is -0.496 e. The van der Waals surface area contributed by atoms with Crippen LogP contribution in [0.2, 0.25) is 0 Å². The number of hydrogen-bond donors (Lipinski definition) is 1. The van der Waals surface area contributed by atoms with Gasteiger partial charge in [0.05, 0.1) is 35.3 Å². The van der Waals surface area contributed by atoms with Gasteiger partial charge >= 0.3 is 0 Å². The Morgan fingerprint density at radius 2 is 1.81 bits per heavy atom. The molecule has 48 heavy (non-hydrogen) atoms. The molecule has 9 nitrogen and oxygen atoms in total. The predicted molar refractivity (Wildman–Crippen MR) is 193 cm³/mol. The number of hydrogen-bond acceptors (Lipinski definition) is 7. The number of para-hydroxylation sites is 1. The first kappa shape index (κ1) is 34.8. The third-order valence-corrected chi connectivity index (χ3v) is 9.56. The van der Waals surface area contributed by atoms with Crippen LogP contribution in [0.1, 0.15) is 43.4 Å². The number of anilines is 1. The number of aryl methyl sites for hydroxylation is 1. The molecule has 0 spiro atoms. The van der Waals surface area contributed by atoms with Crippen molar-refractivity contribution in [2.75, 3.05) is 25.6 Å². The Balaban J connectivity index is 1.56. The van der Waals surface area contributed by atoms with Crippen molar-refractivity contribution >= 4 is 60.6 Å². The Morgan fingerprint density at radius 3 is 2.52 bits per heavy atom. The molecule has 1 amide bonds. The summed E-state index contributed by atoms with van der Waals surface area (Å²) in [6.07, 6.45) is 1.53. The van der Waals surface area contributed by atoms with Crippen molar-refractivity contribution in [1.29, 1.82) is 0 Å². The Hall–Kier alpha value is -4.55. The number of carbonyl (C=O) groups is 1. The maximum atomic E-state index is 13.9. The number of aromatic nitrogens is 2. The smallest absolute Gasteiger partial charge is 0.282 e. The highest BCUT2D eigenvalue weighted by Gasteiger charge is 2.21. The number of ether oxygens (including phenoxy) is 3. The Kier molecular flexibility index (Phi) is 11.0. The van der Waals surface area contributed by atoms with Crippen molar-refractivity contribution in [1.82, 2.24) is 9.66 Å². The van der Waals surface area contributed by atoms with E-state index in [0.29, 0.717) is 49.3 Å². The molecule has 0 radical (unpaired) electrons. The molecule has 0 aliphatic carbocycles. The second-order valence-corrected chi connectivity index (χ2v) is 12.7. The lowest BCUT2D eigenvalue weighted by molar-refractivity contribution is -0.118. The summed E-state index contributed by atoms with van der Waals surface area (Å²) < 4.78 is 33.2. The summed E-state index contributed by atoms with van der Waals surface area (Å²) in [4.78, 5) is 31.4. The summed E-state index contributed by atoms with van der Waals surface area (Å²) >= 11 is 7.16. The highest BCUT2D eigenvalue weighted by molar-refractivity contribution is 9.13. The van der Waals surface area contributed by atoms with E-state index in [0.717, 1.165) is 22.4 Å². The molecule has 0 atom stereocenters. The van der Waals surface area contributed by atoms with Crippen LogP contribution in [-0.2, 0) is 4.79 Å². The lowest BCUT2D eigenvalue weighted by Crippen LogP contribution is -2.21. The summed E-state index contributed by atoms with van der Waals surface area (Å²) in [5.74, 6) is 0.949. The molecule has 1 N–H and O–H groups in total. The molecule has 0 bridgehead atoms. The van der Waals surface area contributed by atoms with Gasteiger partial charge in [-0.05, 0) is 111 Å². The first-order valence-corrected chi connectivity index (χ1v) is 16.7. The van der Waals surface area contributed by atoms with Crippen molar-refractivity contribution in [3.05, 3.63) is 109 Å². The fourth-order valence-corrected chi connectivity index (χ4v) is 6.02. The van der Waals surface area contributed by atoms with E-state index in [-0.39, 0.29) is 23.8 Å². The van der Waals surface area contributed by atoms with Gasteiger partial charge in [-0.2, -0.15) is 9.78 Å². The van der Waals surface area contributed by atoms with Crippen LogP contribution in [0, 0.1) is 12.7 Å². The topological polar surface area (TPSA) is 104 Å². The molecule has 0 saturated heterocycles. The molecular formula is C36H33Br2FN4O5. The average molecular weight is 780 g/mol. The van der Waals surface area contributed by atoms with Gasteiger partial charge in [-0.15, -0.1) is 0 Å². The van der Waals surface area contributed by atoms with E-state index in [2.05, 4.69) is 56.1 Å². The van der Waals surface area contributed by atoms with E-state index in [4.69, 9.17) is 19.2 Å². The maximum absolute atomic E-state index is 13.9. The Morgan fingerprint density at radius 1 is 1.04 bits per heavy atom. The molecule has 0 aliphatic heterocycles. The zero-order valence-corrected chi connectivity index (χ0v) is 30.1. The summed E-state index contributed by atoms with van der Waals surface area (Å²) in [7, 11) is 1.64. The van der Waals surface area contributed by atoms with Gasteiger partial charge in [0.25, 0.3) is 11.5 Å².